The van der Waals surface area contributed by atoms with Crippen LogP contribution in [0.2, 0.25) is 0 Å². The van der Waals surface area contributed by atoms with Crippen LogP contribution in [0.25, 0.3) is 11.3 Å². The number of aromatic nitrogens is 1. The van der Waals surface area contributed by atoms with E-state index in [1.54, 1.807) is 12.1 Å². The van der Waals surface area contributed by atoms with Crippen molar-refractivity contribution in [3.05, 3.63) is 39.9 Å². The third kappa shape index (κ3) is 1.61. The number of hydrogen-bond acceptors (Lipinski definition) is 6. The number of H-pyrrole nitrogens is 1. The number of nitrogens with one attached hydrogen (secondary N) is 1. The van der Waals surface area contributed by atoms with Gasteiger partial charge in [0.2, 0.25) is 5.88 Å². The van der Waals surface area contributed by atoms with Crippen molar-refractivity contribution in [2.45, 2.75) is 0 Å². The number of nitriles is 2. The lowest BCUT2D eigenvalue weighted by molar-refractivity contribution is 0.319. The molecule has 0 aliphatic heterocycles. The van der Waals surface area contributed by atoms with Crippen molar-refractivity contribution in [3.8, 4) is 29.3 Å². The van der Waals surface area contributed by atoms with E-state index in [4.69, 9.17) is 20.8 Å². The summed E-state index contributed by atoms with van der Waals surface area (Å²) in [5.74, 6) is 4.97. The summed E-state index contributed by atoms with van der Waals surface area (Å²) >= 11 is 0. The van der Waals surface area contributed by atoms with Gasteiger partial charge in [0.25, 0.3) is 5.56 Å². The van der Waals surface area contributed by atoms with Gasteiger partial charge < -0.3 is 9.25 Å². The summed E-state index contributed by atoms with van der Waals surface area (Å²) < 4.78 is 5.11. The first-order valence-electron chi connectivity index (χ1n) is 4.74. The fourth-order valence-electron chi connectivity index (χ4n) is 1.55. The molecule has 0 amide bonds. The van der Waals surface area contributed by atoms with Crippen molar-refractivity contribution in [1.29, 1.82) is 10.5 Å². The van der Waals surface area contributed by atoms with Crippen LogP contribution in [-0.4, -0.2) is 4.98 Å². The minimum atomic E-state index is -0.705. The molecular formula is C11H6N4O3. The minimum Gasteiger partial charge on any atom is -0.464 e. The highest BCUT2D eigenvalue weighted by atomic mass is 16.6. The highest BCUT2D eigenvalue weighted by molar-refractivity contribution is 5.74. The Morgan fingerprint density at radius 1 is 1.33 bits per heavy atom. The molecular weight excluding hydrogens is 236 g/mol. The molecule has 88 valence electrons. The summed E-state index contributed by atoms with van der Waals surface area (Å²) in [4.78, 5) is 18.3. The van der Waals surface area contributed by atoms with Crippen LogP contribution < -0.4 is 16.3 Å². The Hall–Kier alpha value is -3.03. The zero-order valence-electron chi connectivity index (χ0n) is 8.93. The summed E-state index contributed by atoms with van der Waals surface area (Å²) in [6, 6.07) is 6.64. The van der Waals surface area contributed by atoms with E-state index in [0.717, 1.165) is 0 Å². The molecule has 3 N–H and O–H groups in total. The molecule has 0 aliphatic carbocycles. The van der Waals surface area contributed by atoms with Crippen molar-refractivity contribution in [2.24, 2.45) is 5.90 Å². The lowest BCUT2D eigenvalue weighted by atomic mass is 10.0. The predicted octanol–water partition coefficient (Wildman–Crippen LogP) is 0.631. The third-order valence-corrected chi connectivity index (χ3v) is 2.29. The van der Waals surface area contributed by atoms with Crippen molar-refractivity contribution in [1.82, 2.24) is 4.98 Å². The average molecular weight is 242 g/mol. The standard InChI is InChI=1S/C11H6N4O3/c12-4-6-9(8-2-1-3-17-8)7(5-13)11(18-14)15-10(6)16/h1-3H,14H2,(H,15,16). The van der Waals surface area contributed by atoms with Gasteiger partial charge in [-0.2, -0.15) is 16.4 Å². The van der Waals surface area contributed by atoms with Crippen LogP contribution in [0, 0.1) is 22.7 Å². The molecule has 0 bridgehead atoms. The Labute approximate surface area is 101 Å². The number of nitrogens with two attached hydrogens (primary N) is 1. The van der Waals surface area contributed by atoms with E-state index in [2.05, 4.69) is 9.82 Å². The SMILES string of the molecule is N#Cc1c(ON)[nH]c(=O)c(C#N)c1-c1ccco1. The zero-order valence-corrected chi connectivity index (χ0v) is 8.93. The van der Waals surface area contributed by atoms with Crippen molar-refractivity contribution in [3.63, 3.8) is 0 Å². The minimum absolute atomic E-state index is 0.0641. The second-order valence-electron chi connectivity index (χ2n) is 3.23. The van der Waals surface area contributed by atoms with Gasteiger partial charge in [-0.1, -0.05) is 0 Å². The Kier molecular flexibility index (Phi) is 2.83. The summed E-state index contributed by atoms with van der Waals surface area (Å²) in [5, 5.41) is 18.1. The molecule has 0 aromatic carbocycles. The smallest absolute Gasteiger partial charge is 0.269 e. The first-order valence-corrected chi connectivity index (χ1v) is 4.74. The molecule has 7 nitrogen and oxygen atoms in total. The van der Waals surface area contributed by atoms with E-state index in [9.17, 15) is 4.79 Å². The van der Waals surface area contributed by atoms with Crippen LogP contribution in [-0.2, 0) is 0 Å². The van der Waals surface area contributed by atoms with Crippen LogP contribution in [0.15, 0.2) is 27.6 Å². The molecule has 2 heterocycles. The lowest BCUT2D eigenvalue weighted by Crippen LogP contribution is -2.17. The summed E-state index contributed by atoms with van der Waals surface area (Å²) in [6.07, 6.45) is 1.36. The van der Waals surface area contributed by atoms with Crippen molar-refractivity contribution >= 4 is 0 Å². The molecule has 0 saturated heterocycles. The number of pyridine rings is 1. The molecule has 18 heavy (non-hydrogen) atoms. The summed E-state index contributed by atoms with van der Waals surface area (Å²) in [7, 11) is 0. The van der Waals surface area contributed by atoms with Gasteiger partial charge in [0.15, 0.2) is 0 Å². The molecule has 0 spiro atoms. The van der Waals surface area contributed by atoms with Gasteiger partial charge in [0.05, 0.1) is 11.8 Å². The van der Waals surface area contributed by atoms with Gasteiger partial charge in [0.1, 0.15) is 29.0 Å². The normalized spacial score (nSPS) is 9.50. The quantitative estimate of drug-likeness (QED) is 0.743. The second kappa shape index (κ2) is 4.45. The molecule has 2 aromatic rings. The fraction of sp³-hybridized carbons (Fsp3) is 0. The molecule has 0 saturated carbocycles. The Bertz CT molecular complexity index is 716. The van der Waals surface area contributed by atoms with E-state index >= 15 is 0 Å². The number of furan rings is 1. The molecule has 7 heteroatoms. The fourth-order valence-corrected chi connectivity index (χ4v) is 1.55. The predicted molar refractivity (Wildman–Crippen MR) is 59.0 cm³/mol. The van der Waals surface area contributed by atoms with E-state index in [1.807, 2.05) is 6.07 Å². The Balaban J connectivity index is 2.93. The van der Waals surface area contributed by atoms with Crippen LogP contribution in [0.5, 0.6) is 5.88 Å². The van der Waals surface area contributed by atoms with E-state index in [-0.39, 0.29) is 28.3 Å². The highest BCUT2D eigenvalue weighted by Gasteiger charge is 2.21. The zero-order chi connectivity index (χ0) is 13.1. The maximum Gasteiger partial charge on any atom is 0.269 e. The first-order chi connectivity index (χ1) is 8.72. The highest BCUT2D eigenvalue weighted by Crippen LogP contribution is 2.29. The van der Waals surface area contributed by atoms with Gasteiger partial charge in [-0.05, 0) is 12.1 Å². The maximum absolute atomic E-state index is 11.6. The molecule has 0 unspecified atom stereocenters. The number of rotatable bonds is 2. The topological polar surface area (TPSA) is 129 Å². The van der Waals surface area contributed by atoms with Gasteiger partial charge >= 0.3 is 0 Å². The van der Waals surface area contributed by atoms with E-state index in [0.29, 0.717) is 0 Å². The van der Waals surface area contributed by atoms with Crippen molar-refractivity contribution < 1.29 is 9.25 Å². The number of aromatic amines is 1. The second-order valence-corrected chi connectivity index (χ2v) is 3.23. The Morgan fingerprint density at radius 2 is 2.06 bits per heavy atom. The molecule has 0 radical (unpaired) electrons. The number of nitrogens with zero attached hydrogens (tertiary/aromatic N) is 2. The average Bonchev–Trinajstić information content (AvgIpc) is 2.90. The van der Waals surface area contributed by atoms with E-state index in [1.165, 1.54) is 12.3 Å². The molecule has 0 aliphatic rings. The lowest BCUT2D eigenvalue weighted by Gasteiger charge is -2.06. The van der Waals surface area contributed by atoms with Crippen molar-refractivity contribution in [2.75, 3.05) is 0 Å². The summed E-state index contributed by atoms with van der Waals surface area (Å²) in [5.41, 5.74) is -0.941. The first kappa shape index (κ1) is 11.5. The van der Waals surface area contributed by atoms with Crippen LogP contribution >= 0.6 is 0 Å². The van der Waals surface area contributed by atoms with Gasteiger partial charge in [-0.25, -0.2) is 0 Å². The summed E-state index contributed by atoms with van der Waals surface area (Å²) in [6.45, 7) is 0. The number of hydrogen-bond donors (Lipinski definition) is 2. The largest absolute Gasteiger partial charge is 0.464 e. The van der Waals surface area contributed by atoms with Gasteiger partial charge in [0, 0.05) is 0 Å². The Morgan fingerprint density at radius 3 is 2.56 bits per heavy atom. The monoisotopic (exact) mass is 242 g/mol. The van der Waals surface area contributed by atoms with Crippen LogP contribution in [0.3, 0.4) is 0 Å². The van der Waals surface area contributed by atoms with Crippen LogP contribution in [0.4, 0.5) is 0 Å². The van der Waals surface area contributed by atoms with E-state index < -0.39 is 5.56 Å². The van der Waals surface area contributed by atoms with Gasteiger partial charge in [-0.3, -0.25) is 9.78 Å². The third-order valence-electron chi connectivity index (χ3n) is 2.29. The van der Waals surface area contributed by atoms with Crippen LogP contribution in [0.1, 0.15) is 11.1 Å². The van der Waals surface area contributed by atoms with Gasteiger partial charge in [-0.15, -0.1) is 0 Å². The molecule has 0 fully saturated rings. The molecule has 2 aromatic heterocycles. The molecule has 0 atom stereocenters. The maximum atomic E-state index is 11.6. The molecule has 2 rings (SSSR count).